The number of alkyl carbamates (subject to hydrolysis) is 1. The van der Waals surface area contributed by atoms with E-state index in [9.17, 15) is 19.1 Å². The molecule has 2 aromatic rings. The molecule has 1 atom stereocenters. The Morgan fingerprint density at radius 2 is 2.17 bits per heavy atom. The number of ether oxygens (including phenoxy) is 1. The molecule has 1 aliphatic heterocycles. The first kappa shape index (κ1) is 21.8. The van der Waals surface area contributed by atoms with Crippen LogP contribution in [-0.4, -0.2) is 51.5 Å². The number of nitrogens with one attached hydrogen (secondary N) is 1. The van der Waals surface area contributed by atoms with Crippen LogP contribution in [0.5, 0.6) is 0 Å². The molecular weight excluding hydrogens is 391 g/mol. The smallest absolute Gasteiger partial charge is 0.407 e. The molecule has 1 aromatic carbocycles. The first-order valence-electron chi connectivity index (χ1n) is 9.94. The van der Waals surface area contributed by atoms with E-state index in [-0.39, 0.29) is 5.69 Å². The lowest BCUT2D eigenvalue weighted by molar-refractivity contribution is -0.128. The maximum absolute atomic E-state index is 14.8. The van der Waals surface area contributed by atoms with E-state index in [1.807, 2.05) is 0 Å². The van der Waals surface area contributed by atoms with E-state index in [1.54, 1.807) is 43.8 Å². The number of aromatic nitrogens is 2. The number of benzene rings is 1. The number of aliphatic hydroxyl groups excluding tert-OH is 1. The van der Waals surface area contributed by atoms with E-state index >= 15 is 0 Å². The quantitative estimate of drug-likeness (QED) is 0.778. The SMILES string of the molecule is CC(C)(C)OC(=O)NCCc1nccn1-c1ccc(N2CCCC(O)C2=O)c(F)c1. The maximum Gasteiger partial charge on any atom is 0.407 e. The molecule has 2 amide bonds. The molecule has 0 saturated carbocycles. The third-order valence-electron chi connectivity index (χ3n) is 4.64. The topological polar surface area (TPSA) is 96.7 Å². The molecule has 0 spiro atoms. The van der Waals surface area contributed by atoms with E-state index in [0.717, 1.165) is 0 Å². The van der Waals surface area contributed by atoms with Crippen LogP contribution in [0.15, 0.2) is 30.6 Å². The normalized spacial score (nSPS) is 17.2. The fourth-order valence-corrected chi connectivity index (χ4v) is 3.30. The Kier molecular flexibility index (Phi) is 6.40. The van der Waals surface area contributed by atoms with Crippen molar-refractivity contribution in [2.24, 2.45) is 0 Å². The second-order valence-corrected chi connectivity index (χ2v) is 8.18. The summed E-state index contributed by atoms with van der Waals surface area (Å²) < 4.78 is 21.7. The molecule has 1 saturated heterocycles. The van der Waals surface area contributed by atoms with Crippen LogP contribution in [0.4, 0.5) is 14.9 Å². The Morgan fingerprint density at radius 1 is 1.40 bits per heavy atom. The van der Waals surface area contributed by atoms with Gasteiger partial charge < -0.3 is 24.6 Å². The Balaban J connectivity index is 1.69. The molecule has 1 unspecified atom stereocenters. The third kappa shape index (κ3) is 5.15. The van der Waals surface area contributed by atoms with E-state index in [1.165, 1.54) is 17.0 Å². The predicted octanol–water partition coefficient (Wildman–Crippen LogP) is 2.57. The average molecular weight is 418 g/mol. The third-order valence-corrected chi connectivity index (χ3v) is 4.64. The van der Waals surface area contributed by atoms with E-state index < -0.39 is 29.5 Å². The number of nitrogens with zero attached hydrogens (tertiary/aromatic N) is 3. The van der Waals surface area contributed by atoms with Gasteiger partial charge in [0.05, 0.1) is 5.69 Å². The summed E-state index contributed by atoms with van der Waals surface area (Å²) in [7, 11) is 0. The van der Waals surface area contributed by atoms with Crippen LogP contribution in [0, 0.1) is 5.82 Å². The summed E-state index contributed by atoms with van der Waals surface area (Å²) in [5, 5.41) is 12.4. The average Bonchev–Trinajstić information content (AvgIpc) is 3.11. The van der Waals surface area contributed by atoms with Gasteiger partial charge in [0.2, 0.25) is 0 Å². The number of aliphatic hydroxyl groups is 1. The first-order valence-corrected chi connectivity index (χ1v) is 9.94. The van der Waals surface area contributed by atoms with Gasteiger partial charge in [-0.3, -0.25) is 4.79 Å². The van der Waals surface area contributed by atoms with Crippen LogP contribution < -0.4 is 10.2 Å². The number of carbonyl (C=O) groups is 2. The van der Waals surface area contributed by atoms with Crippen LogP contribution in [0.3, 0.4) is 0 Å². The Hall–Kier alpha value is -2.94. The van der Waals surface area contributed by atoms with Gasteiger partial charge in [0.25, 0.3) is 5.91 Å². The molecule has 8 nitrogen and oxygen atoms in total. The van der Waals surface area contributed by atoms with Gasteiger partial charge in [-0.15, -0.1) is 0 Å². The standard InChI is InChI=1S/C21H27FN4O4/c1-21(2,3)30-20(29)24-9-8-18-23-10-12-25(18)14-6-7-16(15(22)13-14)26-11-4-5-17(27)19(26)28/h6-7,10,12-13,17,27H,4-5,8-9,11H2,1-3H3,(H,24,29). The van der Waals surface area contributed by atoms with Crippen molar-refractivity contribution >= 4 is 17.7 Å². The van der Waals surface area contributed by atoms with Crippen molar-refractivity contribution in [2.45, 2.75) is 51.7 Å². The Bertz CT molecular complexity index is 922. The van der Waals surface area contributed by atoms with E-state index in [2.05, 4.69) is 10.3 Å². The maximum atomic E-state index is 14.8. The first-order chi connectivity index (χ1) is 14.2. The van der Waals surface area contributed by atoms with Gasteiger partial charge in [0.15, 0.2) is 0 Å². The van der Waals surface area contributed by atoms with Gasteiger partial charge in [-0.2, -0.15) is 0 Å². The van der Waals surface area contributed by atoms with Gasteiger partial charge in [-0.1, -0.05) is 0 Å². The minimum atomic E-state index is -1.09. The minimum absolute atomic E-state index is 0.149. The second kappa shape index (κ2) is 8.83. The van der Waals surface area contributed by atoms with E-state index in [0.29, 0.717) is 43.9 Å². The lowest BCUT2D eigenvalue weighted by Crippen LogP contribution is -2.44. The van der Waals surface area contributed by atoms with Gasteiger partial charge in [0, 0.05) is 43.7 Å². The van der Waals surface area contributed by atoms with Crippen molar-refractivity contribution in [3.05, 3.63) is 42.2 Å². The Morgan fingerprint density at radius 3 is 2.87 bits per heavy atom. The summed E-state index contributed by atoms with van der Waals surface area (Å²) in [5.74, 6) is -0.395. The zero-order valence-electron chi connectivity index (χ0n) is 17.4. The molecule has 1 fully saturated rings. The number of halogens is 1. The van der Waals surface area contributed by atoms with Crippen molar-refractivity contribution in [3.8, 4) is 5.69 Å². The highest BCUT2D eigenvalue weighted by Gasteiger charge is 2.29. The highest BCUT2D eigenvalue weighted by atomic mass is 19.1. The summed E-state index contributed by atoms with van der Waals surface area (Å²) in [4.78, 5) is 29.5. The van der Waals surface area contributed by atoms with Crippen molar-refractivity contribution in [2.75, 3.05) is 18.0 Å². The monoisotopic (exact) mass is 418 g/mol. The zero-order valence-corrected chi connectivity index (χ0v) is 17.4. The number of hydrogen-bond donors (Lipinski definition) is 2. The number of amides is 2. The largest absolute Gasteiger partial charge is 0.444 e. The van der Waals surface area contributed by atoms with Gasteiger partial charge in [-0.05, 0) is 45.7 Å². The number of piperidine rings is 1. The van der Waals surface area contributed by atoms with Crippen molar-refractivity contribution in [1.29, 1.82) is 0 Å². The molecule has 0 aliphatic carbocycles. The number of carbonyl (C=O) groups excluding carboxylic acids is 2. The van der Waals surface area contributed by atoms with Crippen molar-refractivity contribution in [3.63, 3.8) is 0 Å². The van der Waals surface area contributed by atoms with Crippen LogP contribution in [0.2, 0.25) is 0 Å². The molecule has 3 rings (SSSR count). The second-order valence-electron chi connectivity index (χ2n) is 8.18. The molecule has 162 valence electrons. The molecule has 2 N–H and O–H groups in total. The fourth-order valence-electron chi connectivity index (χ4n) is 3.30. The van der Waals surface area contributed by atoms with Crippen LogP contribution in [-0.2, 0) is 16.0 Å². The highest BCUT2D eigenvalue weighted by Crippen LogP contribution is 2.26. The molecule has 0 radical (unpaired) electrons. The van der Waals surface area contributed by atoms with Crippen molar-refractivity contribution in [1.82, 2.24) is 14.9 Å². The highest BCUT2D eigenvalue weighted by molar-refractivity contribution is 5.97. The lowest BCUT2D eigenvalue weighted by atomic mass is 10.1. The van der Waals surface area contributed by atoms with Gasteiger partial charge >= 0.3 is 6.09 Å². The molecule has 1 aliphatic rings. The molecular formula is C21H27FN4O4. The summed E-state index contributed by atoms with van der Waals surface area (Å²) in [6.45, 7) is 6.05. The molecule has 30 heavy (non-hydrogen) atoms. The number of imidazole rings is 1. The molecule has 0 bridgehead atoms. The molecule has 2 heterocycles. The van der Waals surface area contributed by atoms with Crippen LogP contribution in [0.1, 0.15) is 39.4 Å². The lowest BCUT2D eigenvalue weighted by Gasteiger charge is -2.30. The van der Waals surface area contributed by atoms with Crippen LogP contribution >= 0.6 is 0 Å². The number of rotatable bonds is 5. The van der Waals surface area contributed by atoms with Gasteiger partial charge in [0.1, 0.15) is 23.3 Å². The minimum Gasteiger partial charge on any atom is -0.444 e. The predicted molar refractivity (Wildman–Crippen MR) is 109 cm³/mol. The summed E-state index contributed by atoms with van der Waals surface area (Å²) in [6, 6.07) is 4.55. The molecule has 9 heteroatoms. The van der Waals surface area contributed by atoms with Gasteiger partial charge in [-0.25, -0.2) is 14.2 Å². The van der Waals surface area contributed by atoms with E-state index in [4.69, 9.17) is 4.74 Å². The number of hydrogen-bond acceptors (Lipinski definition) is 5. The molecule has 1 aromatic heterocycles. The summed E-state index contributed by atoms with van der Waals surface area (Å²) in [6.07, 6.45) is 3.13. The van der Waals surface area contributed by atoms with Crippen molar-refractivity contribution < 1.29 is 23.8 Å². The zero-order chi connectivity index (χ0) is 21.9. The fraction of sp³-hybridized carbons (Fsp3) is 0.476. The van der Waals surface area contributed by atoms with Crippen LogP contribution in [0.25, 0.3) is 5.69 Å². The summed E-state index contributed by atoms with van der Waals surface area (Å²) in [5.41, 5.74) is 0.120. The Labute approximate surface area is 174 Å². The summed E-state index contributed by atoms with van der Waals surface area (Å²) >= 11 is 0. The number of anilines is 1.